The first kappa shape index (κ1) is 11.2. The van der Waals surface area contributed by atoms with Crippen LogP contribution in [-0.2, 0) is 0 Å². The molecule has 0 radical (unpaired) electrons. The van der Waals surface area contributed by atoms with Crippen molar-refractivity contribution in [2.75, 3.05) is 26.2 Å². The highest BCUT2D eigenvalue weighted by molar-refractivity contribution is 4.94. The molecule has 2 nitrogen and oxygen atoms in total. The van der Waals surface area contributed by atoms with Gasteiger partial charge in [0.25, 0.3) is 0 Å². The Labute approximate surface area is 93.9 Å². The highest BCUT2D eigenvalue weighted by Crippen LogP contribution is 2.27. The molecule has 0 aromatic carbocycles. The van der Waals surface area contributed by atoms with Gasteiger partial charge in [-0.3, -0.25) is 9.80 Å². The largest absolute Gasteiger partial charge is 0.298 e. The van der Waals surface area contributed by atoms with Crippen molar-refractivity contribution in [3.05, 3.63) is 12.7 Å². The van der Waals surface area contributed by atoms with Crippen molar-refractivity contribution >= 4 is 0 Å². The second kappa shape index (κ2) is 4.67. The summed E-state index contributed by atoms with van der Waals surface area (Å²) in [4.78, 5) is 5.33. The van der Waals surface area contributed by atoms with Gasteiger partial charge in [0.15, 0.2) is 0 Å². The van der Waals surface area contributed by atoms with Crippen LogP contribution in [0.15, 0.2) is 12.7 Å². The first-order valence-electron chi connectivity index (χ1n) is 6.31. The summed E-state index contributed by atoms with van der Waals surface area (Å²) in [6, 6.07) is 1.57. The summed E-state index contributed by atoms with van der Waals surface area (Å²) in [5.41, 5.74) is 0. The second-order valence-electron chi connectivity index (χ2n) is 5.34. The zero-order chi connectivity index (χ0) is 10.8. The van der Waals surface area contributed by atoms with E-state index in [9.17, 15) is 0 Å². The Bertz CT molecular complexity index is 225. The molecule has 0 aromatic heterocycles. The standard InChI is InChI=1S/C13H24N2/c1-4-7-15-9-12-6-5-8-14(12)10-13(15)11(2)3/h4,11-13H,1,5-10H2,2-3H3. The van der Waals surface area contributed by atoms with E-state index in [0.717, 1.165) is 24.5 Å². The van der Waals surface area contributed by atoms with Gasteiger partial charge in [-0.25, -0.2) is 0 Å². The maximum atomic E-state index is 3.88. The van der Waals surface area contributed by atoms with Crippen LogP contribution in [0, 0.1) is 5.92 Å². The van der Waals surface area contributed by atoms with E-state index in [1.54, 1.807) is 0 Å². The first-order chi connectivity index (χ1) is 7.22. The Morgan fingerprint density at radius 2 is 2.20 bits per heavy atom. The average Bonchev–Trinajstić information content (AvgIpc) is 2.63. The monoisotopic (exact) mass is 208 g/mol. The molecule has 0 bridgehead atoms. The van der Waals surface area contributed by atoms with E-state index in [2.05, 4.69) is 36.3 Å². The first-order valence-corrected chi connectivity index (χ1v) is 6.31. The molecule has 2 aliphatic heterocycles. The Hall–Kier alpha value is -0.340. The van der Waals surface area contributed by atoms with Crippen LogP contribution in [0.1, 0.15) is 26.7 Å². The van der Waals surface area contributed by atoms with Gasteiger partial charge < -0.3 is 0 Å². The summed E-state index contributed by atoms with van der Waals surface area (Å²) in [5, 5.41) is 0. The molecule has 2 unspecified atom stereocenters. The zero-order valence-corrected chi connectivity index (χ0v) is 10.2. The molecule has 2 saturated heterocycles. The molecule has 86 valence electrons. The Balaban J connectivity index is 2.04. The summed E-state index contributed by atoms with van der Waals surface area (Å²) in [6.07, 6.45) is 4.86. The highest BCUT2D eigenvalue weighted by Gasteiger charge is 2.36. The maximum absolute atomic E-state index is 3.88. The lowest BCUT2D eigenvalue weighted by Gasteiger charge is -2.45. The second-order valence-corrected chi connectivity index (χ2v) is 5.34. The molecule has 0 spiro atoms. The molecule has 2 rings (SSSR count). The number of rotatable bonds is 3. The molecular weight excluding hydrogens is 184 g/mol. The van der Waals surface area contributed by atoms with E-state index in [1.165, 1.54) is 32.5 Å². The molecule has 0 saturated carbocycles. The minimum atomic E-state index is 0.734. The van der Waals surface area contributed by atoms with Gasteiger partial charge in [-0.1, -0.05) is 19.9 Å². The molecule has 2 atom stereocenters. The highest BCUT2D eigenvalue weighted by atomic mass is 15.3. The molecular formula is C13H24N2. The van der Waals surface area contributed by atoms with Crippen molar-refractivity contribution in [2.24, 2.45) is 5.92 Å². The summed E-state index contributed by atoms with van der Waals surface area (Å²) >= 11 is 0. The molecule has 0 N–H and O–H groups in total. The smallest absolute Gasteiger partial charge is 0.0250 e. The van der Waals surface area contributed by atoms with E-state index in [1.807, 2.05) is 0 Å². The minimum Gasteiger partial charge on any atom is -0.298 e. The third-order valence-corrected chi connectivity index (χ3v) is 3.97. The van der Waals surface area contributed by atoms with Crippen LogP contribution in [0.3, 0.4) is 0 Å². The SMILES string of the molecule is C=CCN1CC2CCCN2CC1C(C)C. The van der Waals surface area contributed by atoms with Gasteiger partial charge in [0.2, 0.25) is 0 Å². The lowest BCUT2D eigenvalue weighted by atomic mass is 9.97. The van der Waals surface area contributed by atoms with E-state index in [4.69, 9.17) is 0 Å². The van der Waals surface area contributed by atoms with Gasteiger partial charge >= 0.3 is 0 Å². The molecule has 15 heavy (non-hydrogen) atoms. The summed E-state index contributed by atoms with van der Waals surface area (Å²) < 4.78 is 0. The molecule has 2 aliphatic rings. The number of nitrogens with zero attached hydrogens (tertiary/aromatic N) is 2. The lowest BCUT2D eigenvalue weighted by Crippen LogP contribution is -2.57. The molecule has 0 aliphatic carbocycles. The minimum absolute atomic E-state index is 0.734. The fourth-order valence-electron chi connectivity index (χ4n) is 3.11. The van der Waals surface area contributed by atoms with Gasteiger partial charge in [0.05, 0.1) is 0 Å². The van der Waals surface area contributed by atoms with E-state index in [-0.39, 0.29) is 0 Å². The van der Waals surface area contributed by atoms with Crippen molar-refractivity contribution in [1.82, 2.24) is 9.80 Å². The Morgan fingerprint density at radius 1 is 1.40 bits per heavy atom. The summed E-state index contributed by atoms with van der Waals surface area (Å²) in [7, 11) is 0. The van der Waals surface area contributed by atoms with Crippen LogP contribution in [0.2, 0.25) is 0 Å². The van der Waals surface area contributed by atoms with Crippen LogP contribution in [-0.4, -0.2) is 48.1 Å². The molecule has 0 amide bonds. The van der Waals surface area contributed by atoms with Crippen LogP contribution < -0.4 is 0 Å². The molecule has 2 heteroatoms. The number of hydrogen-bond donors (Lipinski definition) is 0. The normalized spacial score (nSPS) is 33.3. The predicted molar refractivity (Wildman–Crippen MR) is 65.0 cm³/mol. The number of hydrogen-bond acceptors (Lipinski definition) is 2. The fraction of sp³-hybridized carbons (Fsp3) is 0.846. The van der Waals surface area contributed by atoms with Gasteiger partial charge in [-0.15, -0.1) is 6.58 Å². The number of fused-ring (bicyclic) bond motifs is 1. The van der Waals surface area contributed by atoms with Crippen LogP contribution in [0.25, 0.3) is 0 Å². The van der Waals surface area contributed by atoms with Gasteiger partial charge in [-0.05, 0) is 25.3 Å². The average molecular weight is 208 g/mol. The number of piperazine rings is 1. The van der Waals surface area contributed by atoms with Crippen molar-refractivity contribution in [3.63, 3.8) is 0 Å². The fourth-order valence-corrected chi connectivity index (χ4v) is 3.11. The van der Waals surface area contributed by atoms with E-state index < -0.39 is 0 Å². The van der Waals surface area contributed by atoms with Crippen molar-refractivity contribution in [1.29, 1.82) is 0 Å². The van der Waals surface area contributed by atoms with Gasteiger partial charge in [-0.2, -0.15) is 0 Å². The van der Waals surface area contributed by atoms with E-state index in [0.29, 0.717) is 0 Å². The third-order valence-electron chi connectivity index (χ3n) is 3.97. The third kappa shape index (κ3) is 2.26. The molecule has 2 fully saturated rings. The van der Waals surface area contributed by atoms with Crippen LogP contribution in [0.5, 0.6) is 0 Å². The topological polar surface area (TPSA) is 6.48 Å². The Morgan fingerprint density at radius 3 is 2.87 bits per heavy atom. The van der Waals surface area contributed by atoms with Gasteiger partial charge in [0, 0.05) is 31.7 Å². The molecule has 2 heterocycles. The van der Waals surface area contributed by atoms with Crippen LogP contribution >= 0.6 is 0 Å². The van der Waals surface area contributed by atoms with Crippen molar-refractivity contribution < 1.29 is 0 Å². The zero-order valence-electron chi connectivity index (χ0n) is 10.2. The summed E-state index contributed by atoms with van der Waals surface area (Å²) in [5.74, 6) is 0.756. The van der Waals surface area contributed by atoms with Crippen molar-refractivity contribution in [2.45, 2.75) is 38.8 Å². The maximum Gasteiger partial charge on any atom is 0.0250 e. The van der Waals surface area contributed by atoms with E-state index >= 15 is 0 Å². The molecule has 0 aromatic rings. The van der Waals surface area contributed by atoms with Crippen LogP contribution in [0.4, 0.5) is 0 Å². The van der Waals surface area contributed by atoms with Crippen molar-refractivity contribution in [3.8, 4) is 0 Å². The lowest BCUT2D eigenvalue weighted by molar-refractivity contribution is 0.0376. The predicted octanol–water partition coefficient (Wildman–Crippen LogP) is 1.98. The summed E-state index contributed by atoms with van der Waals surface area (Å²) in [6.45, 7) is 13.5. The van der Waals surface area contributed by atoms with Gasteiger partial charge in [0.1, 0.15) is 0 Å². The quantitative estimate of drug-likeness (QED) is 0.654. The Kier molecular flexibility index (Phi) is 3.47.